The molecule has 0 spiro atoms. The largest absolute Gasteiger partial charge is 0.524 e. The molecule has 1 aliphatic rings. The fraction of sp³-hybridized carbons (Fsp3) is 0.625. The third kappa shape index (κ3) is 5.30. The van der Waals surface area contributed by atoms with Gasteiger partial charge in [0.15, 0.2) is 0 Å². The van der Waals surface area contributed by atoms with Crippen LogP contribution in [0.15, 0.2) is 24.3 Å². The average Bonchev–Trinajstić information content (AvgIpc) is 2.45. The Labute approximate surface area is 137 Å². The number of hydrogen-bond acceptors (Lipinski definition) is 4. The molecule has 1 fully saturated rings. The van der Waals surface area contributed by atoms with E-state index in [2.05, 4.69) is 9.42 Å². The second-order valence-electron chi connectivity index (χ2n) is 6.63. The van der Waals surface area contributed by atoms with Gasteiger partial charge in [-0.1, -0.05) is 31.4 Å². The Balaban J connectivity index is 2.23. The van der Waals surface area contributed by atoms with Gasteiger partial charge in [0.25, 0.3) is 0 Å². The molecular weight excluding hydrogens is 317 g/mol. The summed E-state index contributed by atoms with van der Waals surface area (Å²) in [6.45, 7) is 0.717. The van der Waals surface area contributed by atoms with E-state index in [-0.39, 0.29) is 11.7 Å². The van der Waals surface area contributed by atoms with Gasteiger partial charge in [-0.2, -0.15) is 0 Å². The molecule has 7 heteroatoms. The van der Waals surface area contributed by atoms with Gasteiger partial charge in [-0.25, -0.2) is 4.57 Å². The molecule has 0 saturated heterocycles. The van der Waals surface area contributed by atoms with Crippen LogP contribution in [0.4, 0.5) is 0 Å². The van der Waals surface area contributed by atoms with E-state index in [0.29, 0.717) is 0 Å². The third-order valence-corrected chi connectivity index (χ3v) is 4.87. The Hall–Kier alpha value is -0.910. The quantitative estimate of drug-likeness (QED) is 0.688. The normalized spacial score (nSPS) is 19.6. The number of nitrogens with zero attached hydrogens (tertiary/aromatic N) is 1. The summed E-state index contributed by atoms with van der Waals surface area (Å²) in [4.78, 5) is 19.8. The van der Waals surface area contributed by atoms with Crippen LogP contribution in [-0.4, -0.2) is 46.0 Å². The molecule has 23 heavy (non-hydrogen) atoms. The maximum absolute atomic E-state index is 11.1. The molecule has 1 saturated carbocycles. The first-order valence-electron chi connectivity index (χ1n) is 7.92. The summed E-state index contributed by atoms with van der Waals surface area (Å²) in [7, 11) is -0.593. The van der Waals surface area contributed by atoms with Gasteiger partial charge in [0.05, 0.1) is 5.60 Å². The Bertz CT molecular complexity index is 548. The van der Waals surface area contributed by atoms with E-state index in [4.69, 9.17) is 9.79 Å². The number of hydrogen-bond donors (Lipinski definition) is 3. The van der Waals surface area contributed by atoms with Crippen molar-refractivity contribution in [3.8, 4) is 5.75 Å². The molecule has 1 unspecified atom stereocenters. The van der Waals surface area contributed by atoms with E-state index >= 15 is 0 Å². The zero-order valence-corrected chi connectivity index (χ0v) is 14.6. The van der Waals surface area contributed by atoms with Crippen molar-refractivity contribution in [1.29, 1.82) is 0 Å². The van der Waals surface area contributed by atoms with Crippen LogP contribution in [0.2, 0.25) is 0 Å². The topological polar surface area (TPSA) is 90.2 Å². The molecule has 1 aromatic carbocycles. The van der Waals surface area contributed by atoms with Gasteiger partial charge >= 0.3 is 7.82 Å². The zero-order chi connectivity index (χ0) is 17.1. The van der Waals surface area contributed by atoms with Crippen LogP contribution >= 0.6 is 7.82 Å². The SMILES string of the molecule is CN(C)CC(c1ccc(OP(=O)(O)O)cc1)C1(O)CCCCC1. The molecule has 0 aliphatic heterocycles. The number of aliphatic hydroxyl groups is 1. The summed E-state index contributed by atoms with van der Waals surface area (Å²) < 4.78 is 15.5. The van der Waals surface area contributed by atoms with Crippen molar-refractivity contribution >= 4 is 7.82 Å². The minimum Gasteiger partial charge on any atom is -0.404 e. The molecule has 0 heterocycles. The van der Waals surface area contributed by atoms with E-state index in [1.165, 1.54) is 0 Å². The predicted molar refractivity (Wildman–Crippen MR) is 88.4 cm³/mol. The van der Waals surface area contributed by atoms with Gasteiger partial charge in [-0.15, -0.1) is 0 Å². The molecular formula is C16H26NO5P. The van der Waals surface area contributed by atoms with E-state index in [1.807, 2.05) is 14.1 Å². The lowest BCUT2D eigenvalue weighted by atomic mass is 9.72. The van der Waals surface area contributed by atoms with Crippen molar-refractivity contribution in [3.05, 3.63) is 29.8 Å². The van der Waals surface area contributed by atoms with Gasteiger partial charge in [-0.3, -0.25) is 9.79 Å². The van der Waals surface area contributed by atoms with Crippen molar-refractivity contribution in [3.63, 3.8) is 0 Å². The molecule has 0 amide bonds. The molecule has 1 aliphatic carbocycles. The number of phosphoric acid groups is 1. The maximum Gasteiger partial charge on any atom is 0.524 e. The Morgan fingerprint density at radius 2 is 1.74 bits per heavy atom. The molecule has 0 aromatic heterocycles. The molecule has 130 valence electrons. The van der Waals surface area contributed by atoms with Gasteiger partial charge in [0.2, 0.25) is 0 Å². The molecule has 0 radical (unpaired) electrons. The summed E-state index contributed by atoms with van der Waals surface area (Å²) in [5, 5.41) is 11.1. The molecule has 1 aromatic rings. The van der Waals surface area contributed by atoms with Crippen LogP contribution in [0, 0.1) is 0 Å². The van der Waals surface area contributed by atoms with Crippen molar-refractivity contribution in [1.82, 2.24) is 4.90 Å². The van der Waals surface area contributed by atoms with Gasteiger partial charge in [-0.05, 0) is 44.6 Å². The molecule has 3 N–H and O–H groups in total. The minimum atomic E-state index is -4.55. The first-order chi connectivity index (χ1) is 10.7. The first kappa shape index (κ1) is 18.4. The van der Waals surface area contributed by atoms with Crippen LogP contribution in [-0.2, 0) is 4.57 Å². The monoisotopic (exact) mass is 343 g/mol. The fourth-order valence-corrected chi connectivity index (χ4v) is 3.76. The van der Waals surface area contributed by atoms with Crippen molar-refractivity contribution in [2.75, 3.05) is 20.6 Å². The lowest BCUT2D eigenvalue weighted by Gasteiger charge is -2.40. The smallest absolute Gasteiger partial charge is 0.404 e. The van der Waals surface area contributed by atoms with Crippen molar-refractivity contribution < 1.29 is 24.0 Å². The first-order valence-corrected chi connectivity index (χ1v) is 9.45. The van der Waals surface area contributed by atoms with Crippen LogP contribution < -0.4 is 4.52 Å². The standard InChI is InChI=1S/C16H26NO5P/c1-17(2)12-15(16(18)10-4-3-5-11-16)13-6-8-14(9-7-13)22-23(19,20)21/h6-9,15,18H,3-5,10-12H2,1-2H3,(H2,19,20,21). The Morgan fingerprint density at radius 3 is 2.22 bits per heavy atom. The lowest BCUT2D eigenvalue weighted by Crippen LogP contribution is -2.42. The van der Waals surface area contributed by atoms with Crippen LogP contribution in [0.25, 0.3) is 0 Å². The van der Waals surface area contributed by atoms with E-state index < -0.39 is 13.4 Å². The highest BCUT2D eigenvalue weighted by Gasteiger charge is 2.38. The second-order valence-corrected chi connectivity index (χ2v) is 7.79. The second kappa shape index (κ2) is 7.32. The van der Waals surface area contributed by atoms with E-state index in [9.17, 15) is 9.67 Å². The average molecular weight is 343 g/mol. The summed E-state index contributed by atoms with van der Waals surface area (Å²) in [6, 6.07) is 6.66. The zero-order valence-electron chi connectivity index (χ0n) is 13.7. The van der Waals surface area contributed by atoms with Gasteiger partial charge in [0.1, 0.15) is 5.75 Å². The predicted octanol–water partition coefficient (Wildman–Crippen LogP) is 2.50. The van der Waals surface area contributed by atoms with Crippen LogP contribution in [0.1, 0.15) is 43.6 Å². The highest BCUT2D eigenvalue weighted by atomic mass is 31.2. The Kier molecular flexibility index (Phi) is 5.87. The van der Waals surface area contributed by atoms with Gasteiger partial charge < -0.3 is 14.5 Å². The molecule has 2 rings (SSSR count). The van der Waals surface area contributed by atoms with E-state index in [0.717, 1.165) is 44.2 Å². The maximum atomic E-state index is 11.1. The van der Waals surface area contributed by atoms with Crippen LogP contribution in [0.5, 0.6) is 5.75 Å². The van der Waals surface area contributed by atoms with Crippen LogP contribution in [0.3, 0.4) is 0 Å². The number of likely N-dealkylation sites (N-methyl/N-ethyl adjacent to an activating group) is 1. The number of phosphoric ester groups is 1. The van der Waals surface area contributed by atoms with E-state index in [1.54, 1.807) is 24.3 Å². The highest BCUT2D eigenvalue weighted by Crippen LogP contribution is 2.42. The Morgan fingerprint density at radius 1 is 1.17 bits per heavy atom. The van der Waals surface area contributed by atoms with Crippen molar-refractivity contribution in [2.45, 2.75) is 43.6 Å². The van der Waals surface area contributed by atoms with Gasteiger partial charge in [0, 0.05) is 12.5 Å². The third-order valence-electron chi connectivity index (χ3n) is 4.42. The summed E-state index contributed by atoms with van der Waals surface area (Å²) in [5.41, 5.74) is 0.231. The number of rotatable bonds is 6. The summed E-state index contributed by atoms with van der Waals surface area (Å²) in [5.74, 6) is 0.0863. The minimum absolute atomic E-state index is 0.0399. The fourth-order valence-electron chi connectivity index (χ4n) is 3.36. The summed E-state index contributed by atoms with van der Waals surface area (Å²) >= 11 is 0. The highest BCUT2D eigenvalue weighted by molar-refractivity contribution is 7.46. The molecule has 6 nitrogen and oxygen atoms in total. The summed E-state index contributed by atoms with van der Waals surface area (Å²) in [6.07, 6.45) is 4.78. The number of benzene rings is 1. The van der Waals surface area contributed by atoms with Crippen molar-refractivity contribution in [2.24, 2.45) is 0 Å². The lowest BCUT2D eigenvalue weighted by molar-refractivity contribution is -0.0277. The molecule has 1 atom stereocenters. The molecule has 0 bridgehead atoms.